The zero-order chi connectivity index (χ0) is 25.4. The van der Waals surface area contributed by atoms with Gasteiger partial charge in [-0.2, -0.15) is 4.98 Å². The zero-order valence-corrected chi connectivity index (χ0v) is 21.3. The van der Waals surface area contributed by atoms with Gasteiger partial charge in [0.2, 0.25) is 17.8 Å². The first-order valence-electron chi connectivity index (χ1n) is 11.3. The Morgan fingerprint density at radius 1 is 1.19 bits per heavy atom. The first-order chi connectivity index (χ1) is 17.4. The molecule has 11 nitrogen and oxygen atoms in total. The number of amides is 1. The van der Waals surface area contributed by atoms with E-state index in [0.717, 1.165) is 11.4 Å². The van der Waals surface area contributed by atoms with E-state index in [-0.39, 0.29) is 18.0 Å². The number of nitrogens with one attached hydrogen (secondary N) is 2. The summed E-state index contributed by atoms with van der Waals surface area (Å²) in [5, 5.41) is 6.87. The van der Waals surface area contributed by atoms with Crippen LogP contribution in [0.25, 0.3) is 0 Å². The molecule has 2 atom stereocenters. The second-order valence-electron chi connectivity index (χ2n) is 8.33. The van der Waals surface area contributed by atoms with E-state index in [1.165, 1.54) is 20.3 Å². The third kappa shape index (κ3) is 4.27. The molecule has 0 aliphatic carbocycles. The predicted molar refractivity (Wildman–Crippen MR) is 138 cm³/mol. The molecule has 190 valence electrons. The molecule has 1 saturated heterocycles. The molecule has 0 saturated carbocycles. The van der Waals surface area contributed by atoms with Crippen molar-refractivity contribution in [3.8, 4) is 11.5 Å². The van der Waals surface area contributed by atoms with E-state index < -0.39 is 0 Å². The van der Waals surface area contributed by atoms with Crippen molar-refractivity contribution < 1.29 is 19.0 Å². The molecule has 4 heterocycles. The number of carbonyl (C=O) groups excluding carboxylic acids is 1. The number of halogens is 2. The summed E-state index contributed by atoms with van der Waals surface area (Å²) in [5.41, 5.74) is 1.41. The van der Waals surface area contributed by atoms with E-state index >= 15 is 0 Å². The monoisotopic (exact) mass is 533 g/mol. The van der Waals surface area contributed by atoms with Gasteiger partial charge in [0, 0.05) is 24.4 Å². The lowest BCUT2D eigenvalue weighted by atomic mass is 10.1. The van der Waals surface area contributed by atoms with E-state index in [1.54, 1.807) is 12.3 Å². The molecule has 1 amide bonds. The number of methoxy groups -OCH3 is 2. The first kappa shape index (κ1) is 24.4. The van der Waals surface area contributed by atoms with Crippen LogP contribution in [0.4, 0.5) is 17.5 Å². The summed E-state index contributed by atoms with van der Waals surface area (Å²) in [5.74, 6) is 2.47. The largest absolute Gasteiger partial charge is 0.495 e. The van der Waals surface area contributed by atoms with Crippen LogP contribution in [0, 0.1) is 0 Å². The highest BCUT2D eigenvalue weighted by molar-refractivity contribution is 6.42. The van der Waals surface area contributed by atoms with Crippen LogP contribution in [0.1, 0.15) is 5.56 Å². The molecular weight excluding hydrogens is 509 g/mol. The maximum absolute atomic E-state index is 11.8. The quantitative estimate of drug-likeness (QED) is 0.518. The molecular formula is C23H25Cl2N7O4. The second kappa shape index (κ2) is 10.00. The molecule has 0 spiro atoms. The third-order valence-corrected chi connectivity index (χ3v) is 6.94. The summed E-state index contributed by atoms with van der Waals surface area (Å²) >= 11 is 13.4. The Labute approximate surface area is 218 Å². The van der Waals surface area contributed by atoms with Gasteiger partial charge < -0.3 is 29.7 Å². The van der Waals surface area contributed by atoms with E-state index in [4.69, 9.17) is 47.4 Å². The van der Waals surface area contributed by atoms with Crippen LogP contribution >= 0.6 is 23.2 Å². The van der Waals surface area contributed by atoms with E-state index in [2.05, 4.69) is 22.2 Å². The fourth-order valence-corrected chi connectivity index (χ4v) is 5.16. The molecule has 2 N–H and O–H groups in total. The Morgan fingerprint density at radius 2 is 1.92 bits per heavy atom. The number of aliphatic imine (C=N–C) groups is 1. The van der Waals surface area contributed by atoms with E-state index in [0.29, 0.717) is 72.0 Å². The van der Waals surface area contributed by atoms with Crippen LogP contribution in [0.15, 0.2) is 29.9 Å². The average molecular weight is 534 g/mol. The second-order valence-corrected chi connectivity index (χ2v) is 9.08. The molecule has 5 rings (SSSR count). The lowest BCUT2D eigenvalue weighted by Gasteiger charge is -2.37. The molecule has 0 radical (unpaired) electrons. The molecule has 36 heavy (non-hydrogen) atoms. The highest BCUT2D eigenvalue weighted by atomic mass is 35.5. The molecule has 1 fully saturated rings. The van der Waals surface area contributed by atoms with Crippen LogP contribution in [0.2, 0.25) is 10.0 Å². The number of benzene rings is 1. The highest BCUT2D eigenvalue weighted by Gasteiger charge is 2.37. The van der Waals surface area contributed by atoms with Crippen molar-refractivity contribution in [1.82, 2.24) is 15.3 Å². The fourth-order valence-electron chi connectivity index (χ4n) is 4.46. The van der Waals surface area contributed by atoms with Gasteiger partial charge in [-0.1, -0.05) is 29.8 Å². The number of hydrogen-bond acceptors (Lipinski definition) is 10. The van der Waals surface area contributed by atoms with Gasteiger partial charge >= 0.3 is 0 Å². The number of guanidine groups is 1. The Morgan fingerprint density at radius 3 is 2.61 bits per heavy atom. The highest BCUT2D eigenvalue weighted by Crippen LogP contribution is 2.48. The van der Waals surface area contributed by atoms with Gasteiger partial charge in [-0.15, -0.1) is 0 Å². The minimum atomic E-state index is -0.256. The normalized spacial score (nSPS) is 20.4. The van der Waals surface area contributed by atoms with Crippen LogP contribution < -0.4 is 29.9 Å². The van der Waals surface area contributed by atoms with Gasteiger partial charge in [0.05, 0.1) is 58.3 Å². The molecule has 1 aromatic heterocycles. The first-order valence-corrected chi connectivity index (χ1v) is 12.0. The van der Waals surface area contributed by atoms with Gasteiger partial charge in [0.1, 0.15) is 27.4 Å². The summed E-state index contributed by atoms with van der Waals surface area (Å²) in [6.07, 6.45) is 3.00. The van der Waals surface area contributed by atoms with Crippen molar-refractivity contribution in [2.45, 2.75) is 18.6 Å². The van der Waals surface area contributed by atoms with Crippen molar-refractivity contribution in [1.29, 1.82) is 0 Å². The van der Waals surface area contributed by atoms with Gasteiger partial charge in [0.25, 0.3) is 0 Å². The number of anilines is 3. The van der Waals surface area contributed by atoms with Gasteiger partial charge in [-0.05, 0) is 6.08 Å². The molecule has 2 aromatic rings. The molecule has 3 aliphatic rings. The lowest BCUT2D eigenvalue weighted by molar-refractivity contribution is -0.117. The molecule has 0 bridgehead atoms. The Hall–Kier alpha value is -3.28. The van der Waals surface area contributed by atoms with Crippen molar-refractivity contribution in [3.63, 3.8) is 0 Å². The molecule has 13 heteroatoms. The maximum Gasteiger partial charge on any atom is 0.243 e. The molecule has 1 aromatic carbocycles. The smallest absolute Gasteiger partial charge is 0.243 e. The predicted octanol–water partition coefficient (Wildman–Crippen LogP) is 2.48. The van der Waals surface area contributed by atoms with Gasteiger partial charge in [-0.25, -0.2) is 4.98 Å². The van der Waals surface area contributed by atoms with Crippen LogP contribution in [-0.4, -0.2) is 74.4 Å². The number of aromatic nitrogens is 2. The number of fused-ring (bicyclic) bond motifs is 3. The molecule has 0 unspecified atom stereocenters. The maximum atomic E-state index is 11.8. The minimum absolute atomic E-state index is 0.180. The SMILES string of the molecule is C=CC(=O)N[C@H]1COC[C@H]1Nc1ncc2c(n1)N1CCN=C1N(c1c(Cl)c(OC)cc(OC)c1Cl)C2. The number of ether oxygens (including phenoxy) is 3. The van der Waals surface area contributed by atoms with Crippen molar-refractivity contribution >= 4 is 52.5 Å². The fraction of sp³-hybridized carbons (Fsp3) is 0.391. The van der Waals surface area contributed by atoms with Gasteiger partial charge in [-0.3, -0.25) is 14.7 Å². The lowest BCUT2D eigenvalue weighted by Crippen LogP contribution is -2.47. The van der Waals surface area contributed by atoms with E-state index in [9.17, 15) is 4.79 Å². The number of carbonyl (C=O) groups is 1. The summed E-state index contributed by atoms with van der Waals surface area (Å²) in [4.78, 5) is 29.7. The van der Waals surface area contributed by atoms with Crippen LogP contribution in [0.5, 0.6) is 11.5 Å². The van der Waals surface area contributed by atoms with Gasteiger partial charge in [0.15, 0.2) is 0 Å². The van der Waals surface area contributed by atoms with Crippen molar-refractivity contribution in [3.05, 3.63) is 40.5 Å². The van der Waals surface area contributed by atoms with Crippen LogP contribution in [0.3, 0.4) is 0 Å². The summed E-state index contributed by atoms with van der Waals surface area (Å²) < 4.78 is 16.4. The third-order valence-electron chi connectivity index (χ3n) is 6.21. The number of rotatable bonds is 7. The summed E-state index contributed by atoms with van der Waals surface area (Å²) in [6.45, 7) is 5.93. The van der Waals surface area contributed by atoms with E-state index in [1.807, 2.05) is 9.80 Å². The minimum Gasteiger partial charge on any atom is -0.495 e. The van der Waals surface area contributed by atoms with Crippen LogP contribution in [-0.2, 0) is 16.1 Å². The topological polar surface area (TPSA) is 113 Å². The summed E-state index contributed by atoms with van der Waals surface area (Å²) in [7, 11) is 3.07. The zero-order valence-electron chi connectivity index (χ0n) is 19.8. The Kier molecular flexibility index (Phi) is 6.78. The Bertz CT molecular complexity index is 1210. The van der Waals surface area contributed by atoms with Crippen molar-refractivity contribution in [2.75, 3.05) is 55.6 Å². The Balaban J connectivity index is 1.46. The number of nitrogens with zero attached hydrogens (tertiary/aromatic N) is 5. The molecule has 3 aliphatic heterocycles. The number of hydrogen-bond donors (Lipinski definition) is 2. The standard InChI is InChI=1S/C23H25Cl2N7O4/c1-4-17(33)28-13-10-36-11-14(13)29-22-27-8-12-9-32(23-26-5-6-31(23)21(12)30-22)20-18(24)15(34-2)7-16(35-3)19(20)25/h4,7-8,13-14H,1,5-6,9-11H2,2-3H3,(H,28,33)(H,27,29,30)/t13-,14+/m0/s1. The average Bonchev–Trinajstić information content (AvgIpc) is 3.54. The summed E-state index contributed by atoms with van der Waals surface area (Å²) in [6, 6.07) is 1.25. The van der Waals surface area contributed by atoms with Crippen molar-refractivity contribution in [2.24, 2.45) is 4.99 Å².